The molecule has 1 saturated heterocycles. The van der Waals surface area contributed by atoms with Crippen molar-refractivity contribution in [2.45, 2.75) is 31.8 Å². The third-order valence-electron chi connectivity index (χ3n) is 6.75. The summed E-state index contributed by atoms with van der Waals surface area (Å²) in [4.78, 5) is 70.2. The Morgan fingerprint density at radius 1 is 1.00 bits per heavy atom. The number of carbonyl (C=O) groups is 5. The molecule has 9 nitrogen and oxygen atoms in total. The highest BCUT2D eigenvalue weighted by Crippen LogP contribution is 2.60. The Bertz CT molecular complexity index is 1410. The first-order valence-corrected chi connectivity index (χ1v) is 12.3. The van der Waals surface area contributed by atoms with Crippen molar-refractivity contribution in [1.82, 2.24) is 0 Å². The van der Waals surface area contributed by atoms with E-state index >= 15 is 0 Å². The molecule has 2 aromatic rings. The average molecular weight is 567 g/mol. The van der Waals surface area contributed by atoms with E-state index < -0.39 is 52.6 Å². The lowest BCUT2D eigenvalue weighted by Gasteiger charge is -2.31. The maximum atomic E-state index is 14.4. The van der Waals surface area contributed by atoms with Gasteiger partial charge in [0.2, 0.25) is 11.8 Å². The fourth-order valence-electron chi connectivity index (χ4n) is 5.43. The molecule has 4 amide bonds. The van der Waals surface area contributed by atoms with Crippen LogP contribution < -0.4 is 9.80 Å². The second kappa shape index (κ2) is 8.37. The van der Waals surface area contributed by atoms with E-state index in [9.17, 15) is 24.0 Å². The third kappa shape index (κ3) is 3.46. The molecule has 0 radical (unpaired) electrons. The van der Waals surface area contributed by atoms with Crippen LogP contribution in [0, 0.1) is 11.8 Å². The van der Waals surface area contributed by atoms with Crippen molar-refractivity contribution in [2.75, 3.05) is 16.9 Å². The maximum Gasteiger partial charge on any atom is 0.421 e. The fourth-order valence-corrected chi connectivity index (χ4v) is 5.79. The summed E-state index contributed by atoms with van der Waals surface area (Å²) in [6.07, 6.45) is 0.378. The minimum atomic E-state index is -1.97. The number of anilines is 2. The van der Waals surface area contributed by atoms with Crippen molar-refractivity contribution in [2.24, 2.45) is 11.8 Å². The predicted octanol–water partition coefficient (Wildman–Crippen LogP) is 3.89. The van der Waals surface area contributed by atoms with Gasteiger partial charge in [-0.2, -0.15) is 0 Å². The van der Waals surface area contributed by atoms with Crippen LogP contribution in [0.2, 0.25) is 0 Å². The van der Waals surface area contributed by atoms with Gasteiger partial charge in [-0.3, -0.25) is 14.4 Å². The molecule has 1 fully saturated rings. The zero-order valence-electron chi connectivity index (χ0n) is 20.5. The highest BCUT2D eigenvalue weighted by atomic mass is 79.9. The van der Waals surface area contributed by atoms with E-state index in [0.29, 0.717) is 10.2 Å². The first-order chi connectivity index (χ1) is 17.4. The number of para-hydroxylation sites is 1. The first kappa shape index (κ1) is 24.9. The van der Waals surface area contributed by atoms with Crippen LogP contribution in [0.4, 0.5) is 16.2 Å². The molecular formula is C27H23BrN2O7. The Labute approximate surface area is 221 Å². The zero-order chi connectivity index (χ0) is 26.9. The van der Waals surface area contributed by atoms with Crippen molar-refractivity contribution in [3.63, 3.8) is 0 Å². The summed E-state index contributed by atoms with van der Waals surface area (Å²) in [5.74, 6) is -5.36. The summed E-state index contributed by atoms with van der Waals surface area (Å²) in [6.45, 7) is 4.98. The van der Waals surface area contributed by atoms with Gasteiger partial charge in [0.05, 0.1) is 35.9 Å². The van der Waals surface area contributed by atoms with Crippen LogP contribution in [-0.4, -0.2) is 42.5 Å². The SMILES string of the molecule is COC(=O)C1=C[C@@H]2C(=O)N(c3ccccc3)C(=O)[C@@H]2[C@@]12C(=O)N(C(=O)OC(C)(C)C)c1ccc(Br)cc12. The highest BCUT2D eigenvalue weighted by molar-refractivity contribution is 9.10. The Kier molecular flexibility index (Phi) is 5.63. The van der Waals surface area contributed by atoms with Gasteiger partial charge in [0.25, 0.3) is 5.91 Å². The lowest BCUT2D eigenvalue weighted by Crippen LogP contribution is -2.52. The number of nitrogens with zero attached hydrogens (tertiary/aromatic N) is 2. The van der Waals surface area contributed by atoms with Crippen LogP contribution in [0.3, 0.4) is 0 Å². The van der Waals surface area contributed by atoms with Gasteiger partial charge in [0.1, 0.15) is 11.0 Å². The van der Waals surface area contributed by atoms with Gasteiger partial charge < -0.3 is 9.47 Å². The molecule has 2 aliphatic heterocycles. The van der Waals surface area contributed by atoms with Gasteiger partial charge in [-0.15, -0.1) is 0 Å². The monoisotopic (exact) mass is 566 g/mol. The van der Waals surface area contributed by atoms with Crippen LogP contribution in [0.1, 0.15) is 26.3 Å². The number of carbonyl (C=O) groups excluding carboxylic acids is 5. The molecule has 2 heterocycles. The molecule has 0 aromatic heterocycles. The van der Waals surface area contributed by atoms with E-state index in [2.05, 4.69) is 15.9 Å². The minimum absolute atomic E-state index is 0.158. The number of benzene rings is 2. The number of imide groups is 2. The number of amides is 4. The number of methoxy groups -OCH3 is 1. The number of rotatable bonds is 2. The first-order valence-electron chi connectivity index (χ1n) is 11.5. The molecule has 190 valence electrons. The minimum Gasteiger partial charge on any atom is -0.466 e. The third-order valence-corrected chi connectivity index (χ3v) is 7.24. The zero-order valence-corrected chi connectivity index (χ0v) is 22.1. The molecule has 3 aliphatic rings. The quantitative estimate of drug-likeness (QED) is 0.400. The summed E-state index contributed by atoms with van der Waals surface area (Å²) >= 11 is 3.40. The van der Waals surface area contributed by atoms with E-state index in [1.807, 2.05) is 0 Å². The predicted molar refractivity (Wildman–Crippen MR) is 136 cm³/mol. The topological polar surface area (TPSA) is 110 Å². The second-order valence-electron chi connectivity index (χ2n) is 10.0. The van der Waals surface area contributed by atoms with Gasteiger partial charge in [0, 0.05) is 4.47 Å². The van der Waals surface area contributed by atoms with Crippen LogP contribution in [0.25, 0.3) is 0 Å². The smallest absolute Gasteiger partial charge is 0.421 e. The fraction of sp³-hybridized carbons (Fsp3) is 0.296. The molecule has 1 spiro atoms. The maximum absolute atomic E-state index is 14.4. The van der Waals surface area contributed by atoms with Gasteiger partial charge in [-0.05, 0) is 56.7 Å². The van der Waals surface area contributed by atoms with Crippen LogP contribution >= 0.6 is 15.9 Å². The second-order valence-corrected chi connectivity index (χ2v) is 10.9. The summed E-state index contributed by atoms with van der Waals surface area (Å²) in [5, 5.41) is 0. The van der Waals surface area contributed by atoms with E-state index in [1.54, 1.807) is 63.2 Å². The largest absolute Gasteiger partial charge is 0.466 e. The number of ether oxygens (including phenoxy) is 2. The molecule has 0 unspecified atom stereocenters. The Morgan fingerprint density at radius 3 is 2.30 bits per heavy atom. The van der Waals surface area contributed by atoms with Gasteiger partial charge in [0.15, 0.2) is 0 Å². The molecular weight excluding hydrogens is 544 g/mol. The molecule has 2 aromatic carbocycles. The average Bonchev–Trinajstić information content (AvgIpc) is 3.41. The molecule has 0 saturated carbocycles. The van der Waals surface area contributed by atoms with Gasteiger partial charge in [-0.1, -0.05) is 40.2 Å². The van der Waals surface area contributed by atoms with Crippen LogP contribution in [-0.2, 0) is 34.1 Å². The molecule has 5 rings (SSSR count). The van der Waals surface area contributed by atoms with Crippen LogP contribution in [0.15, 0.2) is 64.7 Å². The number of hydrogen-bond acceptors (Lipinski definition) is 7. The van der Waals surface area contributed by atoms with Gasteiger partial charge in [-0.25, -0.2) is 19.4 Å². The van der Waals surface area contributed by atoms with Crippen molar-refractivity contribution in [3.8, 4) is 0 Å². The number of fused-ring (bicyclic) bond motifs is 4. The van der Waals surface area contributed by atoms with Crippen LogP contribution in [0.5, 0.6) is 0 Å². The van der Waals surface area contributed by atoms with Crippen molar-refractivity contribution >= 4 is 57.1 Å². The van der Waals surface area contributed by atoms with Crippen molar-refractivity contribution in [1.29, 1.82) is 0 Å². The highest BCUT2D eigenvalue weighted by Gasteiger charge is 2.72. The number of hydrogen-bond donors (Lipinski definition) is 0. The Morgan fingerprint density at radius 2 is 1.68 bits per heavy atom. The summed E-state index contributed by atoms with van der Waals surface area (Å²) in [7, 11) is 1.15. The van der Waals surface area contributed by atoms with E-state index in [-0.39, 0.29) is 16.8 Å². The number of halogens is 1. The van der Waals surface area contributed by atoms with E-state index in [1.165, 1.54) is 12.1 Å². The molecule has 0 N–H and O–H groups in total. The van der Waals surface area contributed by atoms with E-state index in [4.69, 9.17) is 9.47 Å². The van der Waals surface area contributed by atoms with Crippen molar-refractivity contribution in [3.05, 3.63) is 70.2 Å². The van der Waals surface area contributed by atoms with Crippen molar-refractivity contribution < 1.29 is 33.4 Å². The molecule has 10 heteroatoms. The Hall–Kier alpha value is -3.79. The molecule has 37 heavy (non-hydrogen) atoms. The van der Waals surface area contributed by atoms with E-state index in [0.717, 1.165) is 16.9 Å². The normalized spacial score (nSPS) is 24.4. The molecule has 3 atom stereocenters. The standard InChI is InChI=1S/C27H23BrN2O7/c1-26(2,3)37-25(35)30-19-11-10-14(28)12-17(19)27(24(30)34)18(23(33)36-4)13-16-20(27)22(32)29(21(16)31)15-8-6-5-7-9-15/h5-13,16,20H,1-4H3/t16-,20+,27-/m0/s1. The summed E-state index contributed by atoms with van der Waals surface area (Å²) in [5.41, 5.74) is -2.31. The lowest BCUT2D eigenvalue weighted by molar-refractivity contribution is -0.139. The summed E-state index contributed by atoms with van der Waals surface area (Å²) < 4.78 is 11.1. The lowest BCUT2D eigenvalue weighted by atomic mass is 9.67. The number of esters is 1. The summed E-state index contributed by atoms with van der Waals surface area (Å²) in [6, 6.07) is 13.1. The Balaban J connectivity index is 1.76. The molecule has 1 aliphatic carbocycles. The van der Waals surface area contributed by atoms with Gasteiger partial charge >= 0.3 is 12.1 Å². The molecule has 0 bridgehead atoms.